The second-order valence-electron chi connectivity index (χ2n) is 4.91. The molecule has 0 saturated carbocycles. The molecule has 1 N–H and O–H groups in total. The van der Waals surface area contributed by atoms with Crippen molar-refractivity contribution in [2.24, 2.45) is 0 Å². The summed E-state index contributed by atoms with van der Waals surface area (Å²) in [6.45, 7) is 7.73. The van der Waals surface area contributed by atoms with Crippen LogP contribution in [0.5, 0.6) is 0 Å². The summed E-state index contributed by atoms with van der Waals surface area (Å²) in [4.78, 5) is 16.0. The van der Waals surface area contributed by atoms with Gasteiger partial charge in [-0.05, 0) is 12.8 Å². The van der Waals surface area contributed by atoms with E-state index in [1.165, 1.54) is 0 Å². The van der Waals surface area contributed by atoms with Gasteiger partial charge in [0.05, 0.1) is 0 Å². The molecular weight excluding hydrogens is 242 g/mol. The topological polar surface area (TPSA) is 56.1 Å². The number of hydrogen-bond donors (Lipinski definition) is 1. The van der Waals surface area contributed by atoms with Crippen molar-refractivity contribution in [2.75, 3.05) is 13.7 Å². The lowest BCUT2D eigenvalue weighted by Crippen LogP contribution is -2.36. The Hall–Kier alpha value is -1.36. The Morgan fingerprint density at radius 1 is 1.53 bits per heavy atom. The molecule has 0 spiro atoms. The first-order valence-corrected chi connectivity index (χ1v) is 6.91. The Labute approximate surface area is 115 Å². The minimum Gasteiger partial charge on any atom is -0.372 e. The number of carbonyl (C=O) groups is 1. The number of hydrogen-bond acceptors (Lipinski definition) is 3. The van der Waals surface area contributed by atoms with Crippen LogP contribution in [0, 0.1) is 0 Å². The molecule has 1 aromatic rings. The molecule has 108 valence electrons. The monoisotopic (exact) mass is 267 g/mol. The van der Waals surface area contributed by atoms with Crippen molar-refractivity contribution in [1.82, 2.24) is 14.9 Å². The molecule has 0 radical (unpaired) electrons. The molecule has 1 atom stereocenters. The molecule has 5 heteroatoms. The third-order valence-corrected chi connectivity index (χ3v) is 3.09. The maximum absolute atomic E-state index is 11.7. The smallest absolute Gasteiger partial charge is 0.249 e. The summed E-state index contributed by atoms with van der Waals surface area (Å²) in [6, 6.07) is 0. The van der Waals surface area contributed by atoms with Crippen molar-refractivity contribution in [1.29, 1.82) is 0 Å². The lowest BCUT2D eigenvalue weighted by Gasteiger charge is -2.14. The molecule has 1 heterocycles. The summed E-state index contributed by atoms with van der Waals surface area (Å²) in [5.41, 5.74) is 0. The largest absolute Gasteiger partial charge is 0.372 e. The van der Waals surface area contributed by atoms with Gasteiger partial charge in [0, 0.05) is 38.5 Å². The SMILES string of the molecule is CC[C@@H](OC)C(=O)NCCCn1ccnc1C(C)C. The Bertz CT molecular complexity index is 384. The zero-order valence-corrected chi connectivity index (χ0v) is 12.3. The van der Waals surface area contributed by atoms with Gasteiger partial charge in [-0.25, -0.2) is 4.98 Å². The maximum Gasteiger partial charge on any atom is 0.249 e. The van der Waals surface area contributed by atoms with E-state index in [1.807, 2.05) is 19.3 Å². The standard InChI is InChI=1S/C14H25N3O2/c1-5-12(19-4)14(18)16-7-6-9-17-10-8-15-13(17)11(2)3/h8,10-12H,5-7,9H2,1-4H3,(H,16,18)/t12-/m1/s1. The molecule has 0 bridgehead atoms. The molecule has 0 aliphatic carbocycles. The molecule has 0 saturated heterocycles. The predicted molar refractivity (Wildman–Crippen MR) is 75.0 cm³/mol. The van der Waals surface area contributed by atoms with E-state index in [1.54, 1.807) is 7.11 Å². The highest BCUT2D eigenvalue weighted by atomic mass is 16.5. The molecule has 0 fully saturated rings. The molecule has 1 rings (SSSR count). The fourth-order valence-corrected chi connectivity index (χ4v) is 2.04. The zero-order chi connectivity index (χ0) is 14.3. The molecule has 19 heavy (non-hydrogen) atoms. The van der Waals surface area contributed by atoms with Crippen molar-refractivity contribution in [3.63, 3.8) is 0 Å². The van der Waals surface area contributed by atoms with Crippen LogP contribution in [-0.2, 0) is 16.1 Å². The van der Waals surface area contributed by atoms with Crippen LogP contribution in [0.3, 0.4) is 0 Å². The van der Waals surface area contributed by atoms with Crippen molar-refractivity contribution in [3.8, 4) is 0 Å². The van der Waals surface area contributed by atoms with E-state index in [9.17, 15) is 4.79 Å². The number of nitrogens with one attached hydrogen (secondary N) is 1. The molecular formula is C14H25N3O2. The van der Waals surface area contributed by atoms with Crippen LogP contribution in [0.25, 0.3) is 0 Å². The summed E-state index contributed by atoms with van der Waals surface area (Å²) >= 11 is 0. The fraction of sp³-hybridized carbons (Fsp3) is 0.714. The van der Waals surface area contributed by atoms with E-state index in [2.05, 4.69) is 28.7 Å². The molecule has 1 amide bonds. The fourth-order valence-electron chi connectivity index (χ4n) is 2.04. The Morgan fingerprint density at radius 2 is 2.26 bits per heavy atom. The van der Waals surface area contributed by atoms with Gasteiger partial charge < -0.3 is 14.6 Å². The second kappa shape index (κ2) is 7.94. The van der Waals surface area contributed by atoms with Gasteiger partial charge in [0.1, 0.15) is 11.9 Å². The lowest BCUT2D eigenvalue weighted by atomic mass is 10.2. The zero-order valence-electron chi connectivity index (χ0n) is 12.3. The van der Waals surface area contributed by atoms with Gasteiger partial charge in [-0.15, -0.1) is 0 Å². The average molecular weight is 267 g/mol. The maximum atomic E-state index is 11.7. The number of ether oxygens (including phenoxy) is 1. The summed E-state index contributed by atoms with van der Waals surface area (Å²) in [6.07, 6.45) is 5.07. The number of rotatable bonds is 8. The quantitative estimate of drug-likeness (QED) is 0.732. The summed E-state index contributed by atoms with van der Waals surface area (Å²) in [5, 5.41) is 2.90. The summed E-state index contributed by atoms with van der Waals surface area (Å²) in [7, 11) is 1.56. The molecule has 0 aromatic carbocycles. The average Bonchev–Trinajstić information content (AvgIpc) is 2.84. The minimum absolute atomic E-state index is 0.0280. The van der Waals surface area contributed by atoms with Crippen LogP contribution in [0.15, 0.2) is 12.4 Å². The van der Waals surface area contributed by atoms with Gasteiger partial charge in [0.25, 0.3) is 0 Å². The highest BCUT2D eigenvalue weighted by molar-refractivity contribution is 5.80. The van der Waals surface area contributed by atoms with Crippen LogP contribution in [0.4, 0.5) is 0 Å². The van der Waals surface area contributed by atoms with Crippen LogP contribution >= 0.6 is 0 Å². The number of aromatic nitrogens is 2. The Kier molecular flexibility index (Phi) is 6.56. The third kappa shape index (κ3) is 4.67. The third-order valence-electron chi connectivity index (χ3n) is 3.09. The van der Waals surface area contributed by atoms with E-state index in [0.717, 1.165) is 18.8 Å². The van der Waals surface area contributed by atoms with Crippen LogP contribution in [-0.4, -0.2) is 35.2 Å². The van der Waals surface area contributed by atoms with Crippen LogP contribution < -0.4 is 5.32 Å². The minimum atomic E-state index is -0.334. The van der Waals surface area contributed by atoms with Crippen molar-refractivity contribution >= 4 is 5.91 Å². The van der Waals surface area contributed by atoms with Crippen molar-refractivity contribution in [2.45, 2.75) is 52.2 Å². The normalized spacial score (nSPS) is 12.7. The lowest BCUT2D eigenvalue weighted by molar-refractivity contribution is -0.131. The molecule has 0 aliphatic rings. The number of carbonyl (C=O) groups excluding carboxylic acids is 1. The van der Waals surface area contributed by atoms with E-state index >= 15 is 0 Å². The molecule has 5 nitrogen and oxygen atoms in total. The van der Waals surface area contributed by atoms with Crippen LogP contribution in [0.1, 0.15) is 45.4 Å². The first kappa shape index (κ1) is 15.7. The molecule has 0 unspecified atom stereocenters. The van der Waals surface area contributed by atoms with Gasteiger partial charge in [-0.1, -0.05) is 20.8 Å². The van der Waals surface area contributed by atoms with E-state index in [-0.39, 0.29) is 12.0 Å². The summed E-state index contributed by atoms with van der Waals surface area (Å²) < 4.78 is 7.23. The van der Waals surface area contributed by atoms with Crippen LogP contribution in [0.2, 0.25) is 0 Å². The van der Waals surface area contributed by atoms with Gasteiger partial charge >= 0.3 is 0 Å². The first-order valence-electron chi connectivity index (χ1n) is 6.91. The number of aryl methyl sites for hydroxylation is 1. The highest BCUT2D eigenvalue weighted by Gasteiger charge is 2.14. The van der Waals surface area contributed by atoms with Gasteiger partial charge in [-0.2, -0.15) is 0 Å². The van der Waals surface area contributed by atoms with Gasteiger partial charge in [0.2, 0.25) is 5.91 Å². The first-order chi connectivity index (χ1) is 9.10. The van der Waals surface area contributed by atoms with E-state index < -0.39 is 0 Å². The number of nitrogens with zero attached hydrogens (tertiary/aromatic N) is 2. The molecule has 1 aromatic heterocycles. The van der Waals surface area contributed by atoms with Gasteiger partial charge in [0.15, 0.2) is 0 Å². The predicted octanol–water partition coefficient (Wildman–Crippen LogP) is 1.94. The van der Waals surface area contributed by atoms with E-state index in [4.69, 9.17) is 4.74 Å². The molecule has 0 aliphatic heterocycles. The number of amides is 1. The highest BCUT2D eigenvalue weighted by Crippen LogP contribution is 2.11. The Morgan fingerprint density at radius 3 is 2.84 bits per heavy atom. The van der Waals surface area contributed by atoms with E-state index in [0.29, 0.717) is 18.9 Å². The Balaban J connectivity index is 2.31. The van der Waals surface area contributed by atoms with Crippen molar-refractivity contribution in [3.05, 3.63) is 18.2 Å². The van der Waals surface area contributed by atoms with Gasteiger partial charge in [-0.3, -0.25) is 4.79 Å². The second-order valence-corrected chi connectivity index (χ2v) is 4.91. The number of imidazole rings is 1. The number of methoxy groups -OCH3 is 1. The summed E-state index contributed by atoms with van der Waals surface area (Å²) in [5.74, 6) is 1.48. The van der Waals surface area contributed by atoms with Crippen molar-refractivity contribution < 1.29 is 9.53 Å².